The van der Waals surface area contributed by atoms with Gasteiger partial charge in [0, 0.05) is 26.2 Å². The number of pyridine rings is 1. The van der Waals surface area contributed by atoms with Crippen LogP contribution in [-0.2, 0) is 13.1 Å². The molecule has 0 fully saturated rings. The van der Waals surface area contributed by atoms with Crippen LogP contribution in [0.2, 0.25) is 5.02 Å². The van der Waals surface area contributed by atoms with E-state index in [0.717, 1.165) is 23.5 Å². The molecule has 3 aromatic rings. The molecule has 9 heteroatoms. The van der Waals surface area contributed by atoms with Gasteiger partial charge in [-0.05, 0) is 29.8 Å². The first kappa shape index (κ1) is 18.4. The van der Waals surface area contributed by atoms with Crippen LogP contribution >= 0.6 is 11.6 Å². The molecule has 1 aromatic carbocycles. The van der Waals surface area contributed by atoms with Crippen LogP contribution in [0.5, 0.6) is 11.5 Å². The Labute approximate surface area is 167 Å². The van der Waals surface area contributed by atoms with Crippen molar-refractivity contribution in [3.63, 3.8) is 0 Å². The lowest BCUT2D eigenvalue weighted by Crippen LogP contribution is -2.36. The number of fused-ring (bicyclic) bond motifs is 2. The summed E-state index contributed by atoms with van der Waals surface area (Å²) in [4.78, 5) is 4.26. The van der Waals surface area contributed by atoms with E-state index < -0.39 is 0 Å². The second-order valence-corrected chi connectivity index (χ2v) is 6.69. The Balaban J connectivity index is 1.39. The molecule has 0 saturated heterocycles. The lowest BCUT2D eigenvalue weighted by Gasteiger charge is -2.14. The van der Waals surface area contributed by atoms with Gasteiger partial charge in [0.25, 0.3) is 0 Å². The zero-order valence-electron chi connectivity index (χ0n) is 15.5. The summed E-state index contributed by atoms with van der Waals surface area (Å²) in [6.45, 7) is 2.26. The van der Waals surface area contributed by atoms with Gasteiger partial charge in [0.1, 0.15) is 0 Å². The maximum atomic E-state index is 6.36. The number of halogens is 1. The minimum Gasteiger partial charge on any atom is -0.489 e. The summed E-state index contributed by atoms with van der Waals surface area (Å²) in [7, 11) is 1.72. The van der Waals surface area contributed by atoms with Gasteiger partial charge in [0.15, 0.2) is 28.9 Å². The minimum absolute atomic E-state index is 0.493. The molecule has 1 aliphatic heterocycles. The van der Waals surface area contributed by atoms with Crippen LogP contribution in [0.25, 0.3) is 5.65 Å². The lowest BCUT2D eigenvalue weighted by atomic mass is 10.2. The molecule has 2 aromatic heterocycles. The Morgan fingerprint density at radius 3 is 2.93 bits per heavy atom. The van der Waals surface area contributed by atoms with Crippen LogP contribution in [0, 0.1) is 0 Å². The highest BCUT2D eigenvalue weighted by atomic mass is 35.5. The van der Waals surface area contributed by atoms with E-state index in [1.807, 2.05) is 40.9 Å². The highest BCUT2D eigenvalue weighted by Crippen LogP contribution is 2.37. The summed E-state index contributed by atoms with van der Waals surface area (Å²) in [5.41, 5.74) is 1.79. The van der Waals surface area contributed by atoms with Crippen LogP contribution in [0.3, 0.4) is 0 Å². The number of hydrogen-bond acceptors (Lipinski definition) is 5. The summed E-state index contributed by atoms with van der Waals surface area (Å²) in [5.74, 6) is 2.75. The molecule has 0 saturated carbocycles. The van der Waals surface area contributed by atoms with E-state index in [1.54, 1.807) is 7.05 Å². The van der Waals surface area contributed by atoms with E-state index in [0.29, 0.717) is 48.8 Å². The molecular formula is C19H21ClN6O2. The Bertz CT molecular complexity index is 1000. The van der Waals surface area contributed by atoms with Crippen LogP contribution in [0.4, 0.5) is 0 Å². The van der Waals surface area contributed by atoms with E-state index in [2.05, 4.69) is 25.8 Å². The van der Waals surface area contributed by atoms with Gasteiger partial charge in [-0.3, -0.25) is 9.39 Å². The zero-order chi connectivity index (χ0) is 19.3. The molecule has 146 valence electrons. The summed E-state index contributed by atoms with van der Waals surface area (Å²) in [6, 6.07) is 9.61. The van der Waals surface area contributed by atoms with E-state index in [-0.39, 0.29) is 0 Å². The molecule has 28 heavy (non-hydrogen) atoms. The number of nitrogens with one attached hydrogen (secondary N) is 2. The first-order chi connectivity index (χ1) is 13.7. The molecule has 0 radical (unpaired) electrons. The number of aliphatic imine (C=N–C) groups is 1. The normalized spacial score (nSPS) is 14.0. The average Bonchev–Trinajstić information content (AvgIpc) is 2.96. The number of hydrogen-bond donors (Lipinski definition) is 2. The smallest absolute Gasteiger partial charge is 0.191 e. The van der Waals surface area contributed by atoms with Crippen molar-refractivity contribution in [2.75, 3.05) is 20.3 Å². The van der Waals surface area contributed by atoms with Crippen molar-refractivity contribution in [2.45, 2.75) is 19.5 Å². The molecule has 0 aliphatic carbocycles. The molecule has 0 bridgehead atoms. The van der Waals surface area contributed by atoms with Gasteiger partial charge in [0.05, 0.1) is 24.8 Å². The van der Waals surface area contributed by atoms with Crippen molar-refractivity contribution in [1.29, 1.82) is 0 Å². The average molecular weight is 401 g/mol. The first-order valence-electron chi connectivity index (χ1n) is 9.06. The van der Waals surface area contributed by atoms with Gasteiger partial charge >= 0.3 is 0 Å². The number of aromatic nitrogens is 3. The highest BCUT2D eigenvalue weighted by Gasteiger charge is 2.15. The molecule has 4 rings (SSSR count). The van der Waals surface area contributed by atoms with Crippen LogP contribution in [0.15, 0.2) is 41.5 Å². The summed E-state index contributed by atoms with van der Waals surface area (Å²) in [5, 5.41) is 15.4. The molecule has 1 aliphatic rings. The van der Waals surface area contributed by atoms with Crippen molar-refractivity contribution in [2.24, 2.45) is 4.99 Å². The number of ether oxygens (including phenoxy) is 2. The molecule has 3 heterocycles. The van der Waals surface area contributed by atoms with Gasteiger partial charge in [-0.1, -0.05) is 17.7 Å². The Hall–Kier alpha value is -3.00. The van der Waals surface area contributed by atoms with Crippen molar-refractivity contribution < 1.29 is 9.47 Å². The third-order valence-electron chi connectivity index (χ3n) is 4.34. The topological polar surface area (TPSA) is 85.1 Å². The zero-order valence-corrected chi connectivity index (χ0v) is 16.2. The lowest BCUT2D eigenvalue weighted by molar-refractivity contribution is 0.297. The van der Waals surface area contributed by atoms with E-state index in [1.165, 1.54) is 0 Å². The fourth-order valence-corrected chi connectivity index (χ4v) is 3.25. The SMILES string of the molecule is CN=C(NCc1cc(Cl)c2c(c1)OCCCO2)NCc1nnc2ccccn12. The molecule has 0 atom stereocenters. The highest BCUT2D eigenvalue weighted by molar-refractivity contribution is 6.32. The number of rotatable bonds is 4. The van der Waals surface area contributed by atoms with Gasteiger partial charge in [-0.15, -0.1) is 10.2 Å². The summed E-state index contributed by atoms with van der Waals surface area (Å²) >= 11 is 6.36. The quantitative estimate of drug-likeness (QED) is 0.516. The maximum absolute atomic E-state index is 6.36. The maximum Gasteiger partial charge on any atom is 0.191 e. The predicted molar refractivity (Wildman–Crippen MR) is 107 cm³/mol. The van der Waals surface area contributed by atoms with E-state index >= 15 is 0 Å². The second-order valence-electron chi connectivity index (χ2n) is 6.28. The van der Waals surface area contributed by atoms with Crippen molar-refractivity contribution in [1.82, 2.24) is 25.2 Å². The summed E-state index contributed by atoms with van der Waals surface area (Å²) < 4.78 is 13.3. The standard InChI is InChI=1S/C19H21ClN6O2/c1-21-19(23-12-17-25-24-16-5-2-3-6-26(16)17)22-11-13-9-14(20)18-15(10-13)27-7-4-8-28-18/h2-3,5-6,9-10H,4,7-8,11-12H2,1H3,(H2,21,22,23). The predicted octanol–water partition coefficient (Wildman–Crippen LogP) is 2.41. The second kappa shape index (κ2) is 8.35. The van der Waals surface area contributed by atoms with E-state index in [4.69, 9.17) is 21.1 Å². The summed E-state index contributed by atoms with van der Waals surface area (Å²) in [6.07, 6.45) is 2.77. The van der Waals surface area contributed by atoms with Gasteiger partial charge in [-0.25, -0.2) is 0 Å². The fourth-order valence-electron chi connectivity index (χ4n) is 2.97. The van der Waals surface area contributed by atoms with Gasteiger partial charge < -0.3 is 20.1 Å². The molecular weight excluding hydrogens is 380 g/mol. The van der Waals surface area contributed by atoms with Crippen LogP contribution < -0.4 is 20.1 Å². The molecule has 0 unspecified atom stereocenters. The minimum atomic E-state index is 0.493. The monoisotopic (exact) mass is 400 g/mol. The van der Waals surface area contributed by atoms with E-state index in [9.17, 15) is 0 Å². The number of benzene rings is 1. The Kier molecular flexibility index (Phi) is 5.48. The van der Waals surface area contributed by atoms with Crippen LogP contribution in [0.1, 0.15) is 17.8 Å². The number of nitrogens with zero attached hydrogens (tertiary/aromatic N) is 4. The third-order valence-corrected chi connectivity index (χ3v) is 4.62. The third kappa shape index (κ3) is 3.96. The first-order valence-corrected chi connectivity index (χ1v) is 9.43. The Morgan fingerprint density at radius 2 is 2.04 bits per heavy atom. The largest absolute Gasteiger partial charge is 0.489 e. The Morgan fingerprint density at radius 1 is 1.18 bits per heavy atom. The van der Waals surface area contributed by atoms with Crippen molar-refractivity contribution >= 4 is 23.2 Å². The molecule has 8 nitrogen and oxygen atoms in total. The van der Waals surface area contributed by atoms with Gasteiger partial charge in [-0.2, -0.15) is 0 Å². The molecule has 0 amide bonds. The van der Waals surface area contributed by atoms with Crippen LogP contribution in [-0.4, -0.2) is 40.8 Å². The van der Waals surface area contributed by atoms with Crippen molar-refractivity contribution in [3.05, 3.63) is 52.9 Å². The van der Waals surface area contributed by atoms with Gasteiger partial charge in [0.2, 0.25) is 0 Å². The fraction of sp³-hybridized carbons (Fsp3) is 0.316. The molecule has 2 N–H and O–H groups in total. The number of guanidine groups is 1. The van der Waals surface area contributed by atoms with Crippen molar-refractivity contribution in [3.8, 4) is 11.5 Å². The molecule has 0 spiro atoms.